The van der Waals surface area contributed by atoms with Gasteiger partial charge in [-0.2, -0.15) is 8.42 Å². The maximum absolute atomic E-state index is 11.8. The molecule has 150 valence electrons. The second-order valence-electron chi connectivity index (χ2n) is 6.44. The molecule has 2 aromatic carbocycles. The van der Waals surface area contributed by atoms with Gasteiger partial charge in [-0.25, -0.2) is 4.72 Å². The lowest BCUT2D eigenvalue weighted by molar-refractivity contribution is -0.117. The molecule has 0 aliphatic rings. The van der Waals surface area contributed by atoms with E-state index in [0.717, 1.165) is 27.9 Å². The highest BCUT2D eigenvalue weighted by molar-refractivity contribution is 7.90. The molecule has 0 atom stereocenters. The van der Waals surface area contributed by atoms with Crippen LogP contribution in [0.3, 0.4) is 0 Å². The molecule has 4 N–H and O–H groups in total. The first-order chi connectivity index (χ1) is 13.9. The van der Waals surface area contributed by atoms with Crippen molar-refractivity contribution < 1.29 is 13.2 Å². The Hall–Kier alpha value is -3.23. The van der Waals surface area contributed by atoms with Gasteiger partial charge in [0.25, 0.3) is 10.2 Å². The zero-order valence-corrected chi connectivity index (χ0v) is 16.7. The summed E-state index contributed by atoms with van der Waals surface area (Å²) in [5, 5.41) is 0. The molecule has 29 heavy (non-hydrogen) atoms. The van der Waals surface area contributed by atoms with E-state index in [4.69, 9.17) is 5.73 Å². The van der Waals surface area contributed by atoms with E-state index in [2.05, 4.69) is 14.4 Å². The smallest absolute Gasteiger partial charge is 0.298 e. The number of nitrogens with two attached hydrogens (primary N) is 1. The third-order valence-electron chi connectivity index (χ3n) is 4.40. The number of anilines is 1. The number of nitrogens with zero attached hydrogens (tertiary/aromatic N) is 1. The van der Waals surface area contributed by atoms with Gasteiger partial charge in [0.05, 0.1) is 11.4 Å². The lowest BCUT2D eigenvalue weighted by Crippen LogP contribution is -2.26. The number of nitrogens with one attached hydrogen (secondary N) is 2. The molecule has 1 amide bonds. The molecule has 7 nitrogen and oxygen atoms in total. The molecule has 0 spiro atoms. The first-order valence-electron chi connectivity index (χ1n) is 9.02. The van der Waals surface area contributed by atoms with E-state index in [0.29, 0.717) is 12.1 Å². The molecule has 0 aliphatic carbocycles. The Morgan fingerprint density at radius 1 is 1.03 bits per heavy atom. The van der Waals surface area contributed by atoms with E-state index in [-0.39, 0.29) is 12.3 Å². The van der Waals surface area contributed by atoms with Crippen LogP contribution in [0.4, 0.5) is 5.69 Å². The van der Waals surface area contributed by atoms with Crippen LogP contribution in [-0.2, 0) is 21.4 Å². The first-order valence-corrected chi connectivity index (χ1v) is 10.5. The molecule has 0 aliphatic heterocycles. The van der Waals surface area contributed by atoms with Crippen molar-refractivity contribution in [2.75, 3.05) is 11.8 Å². The van der Waals surface area contributed by atoms with Gasteiger partial charge in [-0.1, -0.05) is 30.3 Å². The first kappa shape index (κ1) is 20.5. The monoisotopic (exact) mass is 410 g/mol. The Bertz CT molecular complexity index is 1120. The molecule has 8 heteroatoms. The van der Waals surface area contributed by atoms with E-state index in [9.17, 15) is 13.2 Å². The number of amides is 1. The van der Waals surface area contributed by atoms with Crippen LogP contribution in [0.1, 0.15) is 12.0 Å². The van der Waals surface area contributed by atoms with E-state index in [1.807, 2.05) is 42.5 Å². The highest BCUT2D eigenvalue weighted by Crippen LogP contribution is 2.30. The standard InChI is InChI=1S/C21H22N4O3S/c1-23-29(27,28)25-18-6-4-5-15(14-18)19-10-8-17(20-7-2-3-12-24-20)13-16(19)9-11-21(22)26/h2-8,10,12-14,23,25H,9,11H2,1H3,(H2,22,26). The van der Waals surface area contributed by atoms with Gasteiger partial charge >= 0.3 is 0 Å². The number of benzene rings is 2. The lowest BCUT2D eigenvalue weighted by Gasteiger charge is -2.14. The molecule has 0 saturated carbocycles. The minimum absolute atomic E-state index is 0.213. The van der Waals surface area contributed by atoms with Crippen molar-refractivity contribution in [1.82, 2.24) is 9.71 Å². The Labute approximate surface area is 170 Å². The molecule has 3 aromatic rings. The molecule has 3 rings (SSSR count). The van der Waals surface area contributed by atoms with Gasteiger partial charge in [0.15, 0.2) is 0 Å². The number of hydrogen-bond donors (Lipinski definition) is 3. The van der Waals surface area contributed by atoms with Gasteiger partial charge in [0.2, 0.25) is 5.91 Å². The quantitative estimate of drug-likeness (QED) is 0.530. The average molecular weight is 410 g/mol. The van der Waals surface area contributed by atoms with Gasteiger partial charge in [0, 0.05) is 25.2 Å². The van der Waals surface area contributed by atoms with Crippen LogP contribution >= 0.6 is 0 Å². The number of hydrogen-bond acceptors (Lipinski definition) is 4. The molecular weight excluding hydrogens is 388 g/mol. The third-order valence-corrected chi connectivity index (χ3v) is 5.44. The Morgan fingerprint density at radius 2 is 1.86 bits per heavy atom. The fourth-order valence-corrected chi connectivity index (χ4v) is 3.53. The summed E-state index contributed by atoms with van der Waals surface area (Å²) in [4.78, 5) is 15.7. The number of aromatic nitrogens is 1. The van der Waals surface area contributed by atoms with Crippen LogP contribution in [-0.4, -0.2) is 26.4 Å². The number of primary amides is 1. The van der Waals surface area contributed by atoms with Gasteiger partial charge in [-0.3, -0.25) is 14.5 Å². The lowest BCUT2D eigenvalue weighted by atomic mass is 9.93. The van der Waals surface area contributed by atoms with Gasteiger partial charge in [-0.05, 0) is 53.4 Å². The zero-order chi connectivity index (χ0) is 20.9. The van der Waals surface area contributed by atoms with Crippen LogP contribution in [0.5, 0.6) is 0 Å². The molecule has 0 unspecified atom stereocenters. The summed E-state index contributed by atoms with van der Waals surface area (Å²) in [7, 11) is -2.28. The molecule has 1 heterocycles. The maximum atomic E-state index is 11.8. The Kier molecular flexibility index (Phi) is 6.26. The molecular formula is C21H22N4O3S. The predicted molar refractivity (Wildman–Crippen MR) is 114 cm³/mol. The van der Waals surface area contributed by atoms with E-state index in [1.165, 1.54) is 7.05 Å². The molecule has 0 fully saturated rings. The third kappa shape index (κ3) is 5.40. The van der Waals surface area contributed by atoms with Gasteiger partial charge in [-0.15, -0.1) is 0 Å². The van der Waals surface area contributed by atoms with Crippen molar-refractivity contribution in [3.8, 4) is 22.4 Å². The summed E-state index contributed by atoms with van der Waals surface area (Å²) in [6, 6.07) is 18.7. The Balaban J connectivity index is 2.02. The molecule has 0 saturated heterocycles. The Morgan fingerprint density at radius 3 is 2.55 bits per heavy atom. The van der Waals surface area contributed by atoms with Crippen LogP contribution in [0.25, 0.3) is 22.4 Å². The van der Waals surface area contributed by atoms with Crippen molar-refractivity contribution in [2.45, 2.75) is 12.8 Å². The second-order valence-corrected chi connectivity index (χ2v) is 8.06. The van der Waals surface area contributed by atoms with Crippen molar-refractivity contribution in [1.29, 1.82) is 0 Å². The van der Waals surface area contributed by atoms with E-state index in [1.54, 1.807) is 24.4 Å². The highest BCUT2D eigenvalue weighted by Gasteiger charge is 2.12. The summed E-state index contributed by atoms with van der Waals surface area (Å²) >= 11 is 0. The summed E-state index contributed by atoms with van der Waals surface area (Å²) in [5.41, 5.74) is 10.2. The normalized spacial score (nSPS) is 11.2. The number of pyridine rings is 1. The summed E-state index contributed by atoms with van der Waals surface area (Å²) < 4.78 is 28.2. The molecule has 0 bridgehead atoms. The van der Waals surface area contributed by atoms with Crippen molar-refractivity contribution in [2.24, 2.45) is 5.73 Å². The SMILES string of the molecule is CNS(=O)(=O)Nc1cccc(-c2ccc(-c3ccccn3)cc2CCC(N)=O)c1. The zero-order valence-electron chi connectivity index (χ0n) is 15.9. The minimum Gasteiger partial charge on any atom is -0.370 e. The van der Waals surface area contributed by atoms with E-state index >= 15 is 0 Å². The molecule has 0 radical (unpaired) electrons. The second kappa shape index (κ2) is 8.85. The average Bonchev–Trinajstić information content (AvgIpc) is 2.72. The van der Waals surface area contributed by atoms with Crippen molar-refractivity contribution in [3.63, 3.8) is 0 Å². The van der Waals surface area contributed by atoms with Crippen LogP contribution in [0, 0.1) is 0 Å². The highest BCUT2D eigenvalue weighted by atomic mass is 32.2. The summed E-state index contributed by atoms with van der Waals surface area (Å²) in [6.45, 7) is 0. The van der Waals surface area contributed by atoms with Crippen molar-refractivity contribution in [3.05, 3.63) is 72.4 Å². The minimum atomic E-state index is -3.62. The fraction of sp³-hybridized carbons (Fsp3) is 0.143. The number of aryl methyl sites for hydroxylation is 1. The largest absolute Gasteiger partial charge is 0.370 e. The fourth-order valence-electron chi connectivity index (χ4n) is 2.99. The maximum Gasteiger partial charge on any atom is 0.298 e. The predicted octanol–water partition coefficient (Wildman–Crippen LogP) is 2.71. The van der Waals surface area contributed by atoms with Gasteiger partial charge in [0.1, 0.15) is 0 Å². The van der Waals surface area contributed by atoms with Crippen LogP contribution in [0.15, 0.2) is 66.9 Å². The molecule has 1 aromatic heterocycles. The number of carbonyl (C=O) groups is 1. The van der Waals surface area contributed by atoms with Crippen molar-refractivity contribution >= 4 is 21.8 Å². The van der Waals surface area contributed by atoms with Gasteiger partial charge < -0.3 is 5.73 Å². The topological polar surface area (TPSA) is 114 Å². The summed E-state index contributed by atoms with van der Waals surface area (Å²) in [5.74, 6) is -0.380. The van der Waals surface area contributed by atoms with E-state index < -0.39 is 10.2 Å². The van der Waals surface area contributed by atoms with Crippen LogP contribution in [0.2, 0.25) is 0 Å². The number of rotatable bonds is 8. The summed E-state index contributed by atoms with van der Waals surface area (Å²) in [6.07, 6.45) is 2.41. The van der Waals surface area contributed by atoms with Crippen LogP contribution < -0.4 is 15.2 Å². The number of carbonyl (C=O) groups excluding carboxylic acids is 1.